The van der Waals surface area contributed by atoms with Crippen LogP contribution >= 0.6 is 0 Å². The van der Waals surface area contributed by atoms with Crippen molar-refractivity contribution < 1.29 is 27.7 Å². The summed E-state index contributed by atoms with van der Waals surface area (Å²) in [4.78, 5) is 13.6. The zero-order chi connectivity index (χ0) is 24.4. The van der Waals surface area contributed by atoms with Gasteiger partial charge in [0.25, 0.3) is 0 Å². The van der Waals surface area contributed by atoms with Gasteiger partial charge in [0, 0.05) is 25.9 Å². The molecule has 11 heteroatoms. The van der Waals surface area contributed by atoms with Crippen molar-refractivity contribution in [1.29, 1.82) is 0 Å². The van der Waals surface area contributed by atoms with Gasteiger partial charge in [-0.3, -0.25) is 4.57 Å². The monoisotopic (exact) mass is 489 g/mol. The fourth-order valence-corrected chi connectivity index (χ4v) is 4.59. The summed E-state index contributed by atoms with van der Waals surface area (Å²) in [6.07, 6.45) is 6.19. The van der Waals surface area contributed by atoms with Gasteiger partial charge in [0.15, 0.2) is 28.5 Å². The second kappa shape index (κ2) is 10.3. The summed E-state index contributed by atoms with van der Waals surface area (Å²) in [5, 5.41) is 3.45. The van der Waals surface area contributed by atoms with Crippen LogP contribution in [0, 0.1) is 17.6 Å². The first-order valence-electron chi connectivity index (χ1n) is 12.0. The maximum absolute atomic E-state index is 14.6. The second-order valence-electron chi connectivity index (χ2n) is 8.88. The molecule has 1 aromatic carbocycles. The van der Waals surface area contributed by atoms with E-state index in [1.54, 1.807) is 6.33 Å². The molecule has 3 aromatic rings. The van der Waals surface area contributed by atoms with E-state index in [0.29, 0.717) is 29.5 Å². The molecule has 2 aliphatic rings. The predicted octanol–water partition coefficient (Wildman–Crippen LogP) is 4.83. The van der Waals surface area contributed by atoms with Gasteiger partial charge in [0.05, 0.1) is 13.4 Å². The Morgan fingerprint density at radius 2 is 1.83 bits per heavy atom. The van der Waals surface area contributed by atoms with Gasteiger partial charge < -0.3 is 24.3 Å². The van der Waals surface area contributed by atoms with Crippen LogP contribution in [0.15, 0.2) is 18.5 Å². The van der Waals surface area contributed by atoms with Crippen LogP contribution in [-0.4, -0.2) is 52.5 Å². The molecule has 0 spiro atoms. The number of nitrogens with one attached hydrogen (secondary N) is 1. The number of imidazole rings is 1. The van der Waals surface area contributed by atoms with Gasteiger partial charge in [-0.1, -0.05) is 0 Å². The SMILES string of the molecule is COc1ccc(Oc2nc(NC(C)C3CCOCC3)c3ncn(C4CCCCO4)c3n2)c(F)c1F. The Morgan fingerprint density at radius 3 is 2.57 bits per heavy atom. The molecule has 4 heterocycles. The third kappa shape index (κ3) is 4.87. The number of methoxy groups -OCH3 is 1. The van der Waals surface area contributed by atoms with E-state index in [2.05, 4.69) is 27.2 Å². The number of ether oxygens (including phenoxy) is 4. The van der Waals surface area contributed by atoms with Crippen molar-refractivity contribution in [3.05, 3.63) is 30.1 Å². The Bertz CT molecular complexity index is 1180. The van der Waals surface area contributed by atoms with E-state index in [1.807, 2.05) is 4.57 Å². The predicted molar refractivity (Wildman–Crippen MR) is 124 cm³/mol. The number of benzene rings is 1. The van der Waals surface area contributed by atoms with E-state index in [-0.39, 0.29) is 29.8 Å². The van der Waals surface area contributed by atoms with Gasteiger partial charge in [0.1, 0.15) is 6.23 Å². The molecule has 2 aliphatic heterocycles. The van der Waals surface area contributed by atoms with Gasteiger partial charge in [0.2, 0.25) is 11.6 Å². The summed E-state index contributed by atoms with van der Waals surface area (Å²) in [5.41, 5.74) is 1.06. The first-order valence-corrected chi connectivity index (χ1v) is 12.0. The van der Waals surface area contributed by atoms with E-state index in [9.17, 15) is 8.78 Å². The van der Waals surface area contributed by atoms with Crippen LogP contribution in [0.25, 0.3) is 11.2 Å². The number of nitrogens with zero attached hydrogens (tertiary/aromatic N) is 4. The minimum absolute atomic E-state index is 0.0797. The smallest absolute Gasteiger partial charge is 0.326 e. The Balaban J connectivity index is 1.52. The lowest BCUT2D eigenvalue weighted by atomic mass is 9.93. The number of anilines is 1. The molecule has 35 heavy (non-hydrogen) atoms. The van der Waals surface area contributed by atoms with E-state index in [0.717, 1.165) is 45.3 Å². The van der Waals surface area contributed by atoms with Crippen molar-refractivity contribution in [3.63, 3.8) is 0 Å². The molecule has 1 N–H and O–H groups in total. The molecule has 2 unspecified atom stereocenters. The number of rotatable bonds is 7. The van der Waals surface area contributed by atoms with Crippen molar-refractivity contribution in [3.8, 4) is 17.5 Å². The van der Waals surface area contributed by atoms with Crippen molar-refractivity contribution in [2.45, 2.75) is 51.3 Å². The lowest BCUT2D eigenvalue weighted by Crippen LogP contribution is -2.31. The molecule has 2 saturated heterocycles. The highest BCUT2D eigenvalue weighted by Crippen LogP contribution is 2.33. The third-order valence-electron chi connectivity index (χ3n) is 6.64. The van der Waals surface area contributed by atoms with E-state index in [1.165, 1.54) is 19.2 Å². The van der Waals surface area contributed by atoms with Crippen LogP contribution in [0.3, 0.4) is 0 Å². The fourth-order valence-electron chi connectivity index (χ4n) is 4.59. The molecule has 0 saturated carbocycles. The summed E-state index contributed by atoms with van der Waals surface area (Å²) in [7, 11) is 1.27. The summed E-state index contributed by atoms with van der Waals surface area (Å²) in [6.45, 7) is 4.19. The van der Waals surface area contributed by atoms with Crippen molar-refractivity contribution in [2.75, 3.05) is 32.2 Å². The number of aromatic nitrogens is 4. The standard InChI is InChI=1S/C24H29F2N5O4/c1-14(15-8-11-33-12-9-15)28-22-21-23(31(13-27-21)18-5-3-4-10-34-18)30-24(29-22)35-17-7-6-16(32-2)19(25)20(17)26/h6-7,13-15,18H,3-5,8-12H2,1-2H3,(H,28,29,30). The molecule has 2 atom stereocenters. The van der Waals surface area contributed by atoms with Crippen LogP contribution in [0.4, 0.5) is 14.6 Å². The van der Waals surface area contributed by atoms with Crippen LogP contribution in [0.2, 0.25) is 0 Å². The van der Waals surface area contributed by atoms with Crippen LogP contribution in [0.5, 0.6) is 17.5 Å². The molecular formula is C24H29F2N5O4. The topological polar surface area (TPSA) is 92.6 Å². The Kier molecular flexibility index (Phi) is 6.96. The van der Waals surface area contributed by atoms with Crippen molar-refractivity contribution in [2.24, 2.45) is 5.92 Å². The van der Waals surface area contributed by atoms with E-state index in [4.69, 9.17) is 18.9 Å². The lowest BCUT2D eigenvalue weighted by molar-refractivity contribution is -0.0298. The van der Waals surface area contributed by atoms with Gasteiger partial charge in [-0.15, -0.1) is 0 Å². The average molecular weight is 490 g/mol. The molecule has 0 bridgehead atoms. The largest absolute Gasteiger partial charge is 0.494 e. The third-order valence-corrected chi connectivity index (χ3v) is 6.64. The lowest BCUT2D eigenvalue weighted by Gasteiger charge is -2.28. The van der Waals surface area contributed by atoms with E-state index >= 15 is 0 Å². The molecule has 0 aliphatic carbocycles. The summed E-state index contributed by atoms with van der Waals surface area (Å²) >= 11 is 0. The van der Waals surface area contributed by atoms with Crippen LogP contribution < -0.4 is 14.8 Å². The molecule has 2 fully saturated rings. The molecule has 0 amide bonds. The van der Waals surface area contributed by atoms with E-state index < -0.39 is 11.6 Å². The Morgan fingerprint density at radius 1 is 1.06 bits per heavy atom. The molecule has 5 rings (SSSR count). The number of fused-ring (bicyclic) bond motifs is 1. The number of hydrogen-bond donors (Lipinski definition) is 1. The highest BCUT2D eigenvalue weighted by atomic mass is 19.2. The quantitative estimate of drug-likeness (QED) is 0.505. The molecule has 188 valence electrons. The summed E-state index contributed by atoms with van der Waals surface area (Å²) < 4.78 is 52.6. The van der Waals surface area contributed by atoms with Gasteiger partial charge in [-0.05, 0) is 57.1 Å². The average Bonchev–Trinajstić information content (AvgIpc) is 3.32. The van der Waals surface area contributed by atoms with Crippen LogP contribution in [0.1, 0.15) is 45.3 Å². The normalized spacial score (nSPS) is 20.1. The van der Waals surface area contributed by atoms with Crippen molar-refractivity contribution in [1.82, 2.24) is 19.5 Å². The first-order chi connectivity index (χ1) is 17.0. The minimum atomic E-state index is -1.18. The minimum Gasteiger partial charge on any atom is -0.494 e. The highest BCUT2D eigenvalue weighted by molar-refractivity contribution is 5.83. The zero-order valence-corrected chi connectivity index (χ0v) is 19.8. The molecule has 2 aromatic heterocycles. The Hall–Kier alpha value is -3.05. The highest BCUT2D eigenvalue weighted by Gasteiger charge is 2.26. The number of hydrogen-bond acceptors (Lipinski definition) is 8. The molecule has 0 radical (unpaired) electrons. The fraction of sp³-hybridized carbons (Fsp3) is 0.542. The van der Waals surface area contributed by atoms with Crippen LogP contribution in [-0.2, 0) is 9.47 Å². The molecular weight excluding hydrogens is 460 g/mol. The summed E-state index contributed by atoms with van der Waals surface area (Å²) in [6, 6.07) is 2.53. The summed E-state index contributed by atoms with van der Waals surface area (Å²) in [5.74, 6) is -2.01. The Labute approximate surface area is 201 Å². The second-order valence-corrected chi connectivity index (χ2v) is 8.88. The van der Waals surface area contributed by atoms with Gasteiger partial charge >= 0.3 is 6.01 Å². The van der Waals surface area contributed by atoms with Gasteiger partial charge in [-0.2, -0.15) is 18.7 Å². The van der Waals surface area contributed by atoms with Gasteiger partial charge in [-0.25, -0.2) is 4.98 Å². The van der Waals surface area contributed by atoms with Crippen molar-refractivity contribution >= 4 is 17.0 Å². The first kappa shape index (κ1) is 23.7. The maximum Gasteiger partial charge on any atom is 0.326 e. The maximum atomic E-state index is 14.6. The molecule has 9 nitrogen and oxygen atoms in total. The number of halogens is 2. The zero-order valence-electron chi connectivity index (χ0n) is 19.8.